The number of rotatable bonds is 4. The van der Waals surface area contributed by atoms with Crippen molar-refractivity contribution in [2.24, 2.45) is 0 Å². The van der Waals surface area contributed by atoms with E-state index in [0.717, 1.165) is 12.1 Å². The molecule has 0 aliphatic carbocycles. The number of halogens is 2. The highest BCUT2D eigenvalue weighted by Crippen LogP contribution is 2.26. The minimum absolute atomic E-state index is 0.0386. The molecular weight excluding hydrogens is 302 g/mol. The Labute approximate surface area is 120 Å². The predicted octanol–water partition coefficient (Wildman–Crippen LogP) is 2.36. The van der Waals surface area contributed by atoms with Gasteiger partial charge in [-0.25, -0.2) is 17.2 Å². The number of nitrogens with one attached hydrogen (secondary N) is 1. The molecule has 21 heavy (non-hydrogen) atoms. The number of ether oxygens (including phenoxy) is 1. The number of nitrogen functional groups attached to an aromatic ring is 1. The second kappa shape index (κ2) is 5.57. The van der Waals surface area contributed by atoms with Crippen LogP contribution in [-0.4, -0.2) is 15.5 Å². The van der Waals surface area contributed by atoms with Crippen LogP contribution in [0, 0.1) is 11.6 Å². The SMILES string of the molecule is COc1ccc(NS(=O)(=O)c2c(N)cccc2F)cc1F. The van der Waals surface area contributed by atoms with Crippen molar-refractivity contribution in [2.45, 2.75) is 4.90 Å². The van der Waals surface area contributed by atoms with Gasteiger partial charge in [-0.3, -0.25) is 4.72 Å². The first-order valence-corrected chi connectivity index (χ1v) is 7.24. The highest BCUT2D eigenvalue weighted by molar-refractivity contribution is 7.92. The summed E-state index contributed by atoms with van der Waals surface area (Å²) in [7, 11) is -2.99. The van der Waals surface area contributed by atoms with Crippen LogP contribution in [0.25, 0.3) is 0 Å². The number of anilines is 2. The van der Waals surface area contributed by atoms with E-state index in [1.807, 2.05) is 0 Å². The van der Waals surface area contributed by atoms with E-state index in [4.69, 9.17) is 10.5 Å². The Morgan fingerprint density at radius 2 is 1.86 bits per heavy atom. The number of nitrogens with two attached hydrogens (primary N) is 1. The molecular formula is C13H12F2N2O3S. The van der Waals surface area contributed by atoms with Gasteiger partial charge in [-0.15, -0.1) is 0 Å². The number of sulfonamides is 1. The number of hydrogen-bond acceptors (Lipinski definition) is 4. The average Bonchev–Trinajstić information content (AvgIpc) is 2.37. The van der Waals surface area contributed by atoms with Crippen molar-refractivity contribution in [3.63, 3.8) is 0 Å². The zero-order chi connectivity index (χ0) is 15.6. The van der Waals surface area contributed by atoms with Gasteiger partial charge in [0.25, 0.3) is 10.0 Å². The van der Waals surface area contributed by atoms with Crippen molar-refractivity contribution in [1.29, 1.82) is 0 Å². The Morgan fingerprint density at radius 3 is 2.43 bits per heavy atom. The molecule has 0 saturated carbocycles. The largest absolute Gasteiger partial charge is 0.494 e. The number of benzene rings is 2. The molecule has 0 amide bonds. The second-order valence-electron chi connectivity index (χ2n) is 4.11. The summed E-state index contributed by atoms with van der Waals surface area (Å²) in [5, 5.41) is 0. The maximum Gasteiger partial charge on any atom is 0.266 e. The van der Waals surface area contributed by atoms with Gasteiger partial charge in [-0.1, -0.05) is 6.07 Å². The van der Waals surface area contributed by atoms with Crippen LogP contribution < -0.4 is 15.2 Å². The van der Waals surface area contributed by atoms with Crippen LogP contribution in [0.2, 0.25) is 0 Å². The van der Waals surface area contributed by atoms with Crippen LogP contribution in [0.4, 0.5) is 20.2 Å². The first kappa shape index (κ1) is 15.0. The molecule has 0 aliphatic heterocycles. The summed E-state index contributed by atoms with van der Waals surface area (Å²) in [5.41, 5.74) is 5.17. The van der Waals surface area contributed by atoms with Crippen molar-refractivity contribution < 1.29 is 21.9 Å². The Kier molecular flexibility index (Phi) is 3.99. The molecule has 5 nitrogen and oxygen atoms in total. The zero-order valence-electron chi connectivity index (χ0n) is 10.9. The molecule has 3 N–H and O–H groups in total. The van der Waals surface area contributed by atoms with Crippen LogP contribution >= 0.6 is 0 Å². The molecule has 0 radical (unpaired) electrons. The van der Waals surface area contributed by atoms with E-state index in [2.05, 4.69) is 4.72 Å². The molecule has 0 aromatic heterocycles. The van der Waals surface area contributed by atoms with Crippen molar-refractivity contribution in [1.82, 2.24) is 0 Å². The second-order valence-corrected chi connectivity index (χ2v) is 5.73. The summed E-state index contributed by atoms with van der Waals surface area (Å²) in [6.45, 7) is 0. The van der Waals surface area contributed by atoms with Gasteiger partial charge in [0, 0.05) is 6.07 Å². The lowest BCUT2D eigenvalue weighted by Crippen LogP contribution is -2.16. The monoisotopic (exact) mass is 314 g/mol. The number of hydrogen-bond donors (Lipinski definition) is 2. The lowest BCUT2D eigenvalue weighted by Gasteiger charge is -2.11. The maximum absolute atomic E-state index is 13.7. The molecule has 8 heteroatoms. The summed E-state index contributed by atoms with van der Waals surface area (Å²) < 4.78 is 58.2. The highest BCUT2D eigenvalue weighted by atomic mass is 32.2. The van der Waals surface area contributed by atoms with E-state index in [-0.39, 0.29) is 17.1 Å². The molecule has 0 bridgehead atoms. The fourth-order valence-corrected chi connectivity index (χ4v) is 2.99. The fraction of sp³-hybridized carbons (Fsp3) is 0.0769. The van der Waals surface area contributed by atoms with Crippen molar-refractivity contribution in [3.05, 3.63) is 48.0 Å². The van der Waals surface area contributed by atoms with Crippen LogP contribution in [0.15, 0.2) is 41.3 Å². The topological polar surface area (TPSA) is 81.4 Å². The molecule has 0 spiro atoms. The van der Waals surface area contributed by atoms with E-state index in [1.54, 1.807) is 0 Å². The van der Waals surface area contributed by atoms with Crippen LogP contribution in [0.5, 0.6) is 5.75 Å². The third-order valence-electron chi connectivity index (χ3n) is 2.67. The van der Waals surface area contributed by atoms with Crippen LogP contribution in [0.3, 0.4) is 0 Å². The summed E-state index contributed by atoms with van der Waals surface area (Å²) >= 11 is 0. The first-order valence-electron chi connectivity index (χ1n) is 5.75. The fourth-order valence-electron chi connectivity index (χ4n) is 1.75. The molecule has 0 unspecified atom stereocenters. The van der Waals surface area contributed by atoms with E-state index in [0.29, 0.717) is 0 Å². The molecule has 0 heterocycles. The molecule has 0 aliphatic rings. The summed E-state index contributed by atoms with van der Waals surface area (Å²) in [4.78, 5) is -0.679. The molecule has 0 saturated heterocycles. The normalized spacial score (nSPS) is 11.2. The minimum Gasteiger partial charge on any atom is -0.494 e. The van der Waals surface area contributed by atoms with Gasteiger partial charge < -0.3 is 10.5 Å². The highest BCUT2D eigenvalue weighted by Gasteiger charge is 2.22. The lowest BCUT2D eigenvalue weighted by atomic mass is 10.3. The van der Waals surface area contributed by atoms with Crippen LogP contribution in [0.1, 0.15) is 0 Å². The van der Waals surface area contributed by atoms with E-state index in [9.17, 15) is 17.2 Å². The summed E-state index contributed by atoms with van der Waals surface area (Å²) in [6.07, 6.45) is 0. The van der Waals surface area contributed by atoms with Crippen molar-refractivity contribution >= 4 is 21.4 Å². The smallest absolute Gasteiger partial charge is 0.266 e. The lowest BCUT2D eigenvalue weighted by molar-refractivity contribution is 0.386. The van der Waals surface area contributed by atoms with Gasteiger partial charge in [0.05, 0.1) is 18.5 Å². The molecule has 2 aromatic carbocycles. The van der Waals surface area contributed by atoms with Gasteiger partial charge in [-0.2, -0.15) is 0 Å². The zero-order valence-corrected chi connectivity index (χ0v) is 11.7. The molecule has 112 valence electrons. The third kappa shape index (κ3) is 3.05. The standard InChI is InChI=1S/C13H12F2N2O3S/c1-20-12-6-5-8(7-10(12)15)17-21(18,19)13-9(14)3-2-4-11(13)16/h2-7,17H,16H2,1H3. The van der Waals surface area contributed by atoms with E-state index >= 15 is 0 Å². The molecule has 0 fully saturated rings. The maximum atomic E-state index is 13.7. The average molecular weight is 314 g/mol. The minimum atomic E-state index is -4.27. The quantitative estimate of drug-likeness (QED) is 0.849. The number of methoxy groups -OCH3 is 1. The molecule has 0 atom stereocenters. The molecule has 2 rings (SSSR count). The van der Waals surface area contributed by atoms with Gasteiger partial charge in [0.2, 0.25) is 0 Å². The summed E-state index contributed by atoms with van der Waals surface area (Å²) in [5.74, 6) is -1.78. The Balaban J connectivity index is 2.40. The first-order chi connectivity index (χ1) is 9.85. The van der Waals surface area contributed by atoms with E-state index in [1.165, 1.54) is 31.4 Å². The predicted molar refractivity (Wildman–Crippen MR) is 74.6 cm³/mol. The van der Waals surface area contributed by atoms with Crippen molar-refractivity contribution in [3.8, 4) is 5.75 Å². The van der Waals surface area contributed by atoms with Gasteiger partial charge in [0.15, 0.2) is 11.6 Å². The summed E-state index contributed by atoms with van der Waals surface area (Å²) in [6, 6.07) is 6.98. The van der Waals surface area contributed by atoms with E-state index < -0.39 is 26.6 Å². The third-order valence-corrected chi connectivity index (χ3v) is 4.14. The van der Waals surface area contributed by atoms with Gasteiger partial charge >= 0.3 is 0 Å². The Bertz CT molecular complexity index is 759. The van der Waals surface area contributed by atoms with Crippen molar-refractivity contribution in [2.75, 3.05) is 17.6 Å². The Hall–Kier alpha value is -2.35. The van der Waals surface area contributed by atoms with Gasteiger partial charge in [-0.05, 0) is 24.3 Å². The van der Waals surface area contributed by atoms with Crippen LogP contribution in [-0.2, 0) is 10.0 Å². The molecule has 2 aromatic rings. The Morgan fingerprint density at radius 1 is 1.14 bits per heavy atom. The van der Waals surface area contributed by atoms with Gasteiger partial charge in [0.1, 0.15) is 10.7 Å².